The van der Waals surface area contributed by atoms with Gasteiger partial charge >= 0.3 is 0 Å². The molecule has 0 fully saturated rings. The Morgan fingerprint density at radius 2 is 1.93 bits per heavy atom. The molecule has 5 heteroatoms. The summed E-state index contributed by atoms with van der Waals surface area (Å²) in [5.41, 5.74) is 7.68. The van der Waals surface area contributed by atoms with Gasteiger partial charge in [0, 0.05) is 22.6 Å². The standard InChI is InChI=1S/C10H9BrN2.2ClH/c11-9-4-3-7(6-12)10-8(9)2-1-5-13-10;;/h1-5H,6,12H2;2*1H. The van der Waals surface area contributed by atoms with E-state index in [-0.39, 0.29) is 24.8 Å². The topological polar surface area (TPSA) is 38.9 Å². The van der Waals surface area contributed by atoms with Gasteiger partial charge in [0.15, 0.2) is 0 Å². The molecule has 0 unspecified atom stereocenters. The zero-order chi connectivity index (χ0) is 9.26. The van der Waals surface area contributed by atoms with Crippen molar-refractivity contribution < 1.29 is 0 Å². The van der Waals surface area contributed by atoms with Crippen molar-refractivity contribution in [1.82, 2.24) is 4.98 Å². The monoisotopic (exact) mass is 308 g/mol. The molecule has 1 aromatic carbocycles. The molecule has 0 bridgehead atoms. The summed E-state index contributed by atoms with van der Waals surface area (Å²) < 4.78 is 1.06. The Hall–Kier alpha value is -0.350. The van der Waals surface area contributed by atoms with Crippen molar-refractivity contribution in [3.63, 3.8) is 0 Å². The van der Waals surface area contributed by atoms with Gasteiger partial charge in [0.05, 0.1) is 5.52 Å². The Labute approximate surface area is 109 Å². The summed E-state index contributed by atoms with van der Waals surface area (Å²) in [6, 6.07) is 7.96. The van der Waals surface area contributed by atoms with Crippen LogP contribution < -0.4 is 5.73 Å². The summed E-state index contributed by atoms with van der Waals surface area (Å²) in [6.45, 7) is 0.529. The van der Waals surface area contributed by atoms with Crippen LogP contribution in [0.15, 0.2) is 34.9 Å². The lowest BCUT2D eigenvalue weighted by molar-refractivity contribution is 1.08. The van der Waals surface area contributed by atoms with Crippen LogP contribution >= 0.6 is 40.7 Å². The first kappa shape index (κ1) is 14.6. The van der Waals surface area contributed by atoms with Crippen LogP contribution in [-0.4, -0.2) is 4.98 Å². The van der Waals surface area contributed by atoms with Crippen LogP contribution in [0.5, 0.6) is 0 Å². The Morgan fingerprint density at radius 3 is 2.60 bits per heavy atom. The molecule has 0 atom stereocenters. The molecule has 2 rings (SSSR count). The molecular weight excluding hydrogens is 299 g/mol. The largest absolute Gasteiger partial charge is 0.326 e. The SMILES string of the molecule is Cl.Cl.NCc1ccc(Br)c2cccnc12. The lowest BCUT2D eigenvalue weighted by Gasteiger charge is -2.04. The van der Waals surface area contributed by atoms with Crippen molar-refractivity contribution in [2.75, 3.05) is 0 Å². The van der Waals surface area contributed by atoms with Crippen LogP contribution in [0.3, 0.4) is 0 Å². The molecule has 0 saturated heterocycles. The molecule has 0 aliphatic rings. The van der Waals surface area contributed by atoms with E-state index in [1.54, 1.807) is 6.20 Å². The lowest BCUT2D eigenvalue weighted by atomic mass is 10.1. The summed E-state index contributed by atoms with van der Waals surface area (Å²) >= 11 is 3.48. The van der Waals surface area contributed by atoms with Gasteiger partial charge in [-0.15, -0.1) is 24.8 Å². The van der Waals surface area contributed by atoms with Gasteiger partial charge in [0.1, 0.15) is 0 Å². The number of hydrogen-bond donors (Lipinski definition) is 1. The van der Waals surface area contributed by atoms with Crippen LogP contribution in [0.2, 0.25) is 0 Å². The fourth-order valence-electron chi connectivity index (χ4n) is 1.36. The predicted molar refractivity (Wildman–Crippen MR) is 71.8 cm³/mol. The molecule has 0 spiro atoms. The van der Waals surface area contributed by atoms with Gasteiger partial charge in [-0.05, 0) is 17.7 Å². The molecule has 82 valence electrons. The molecule has 2 nitrogen and oxygen atoms in total. The third-order valence-electron chi connectivity index (χ3n) is 2.02. The van der Waals surface area contributed by atoms with Crippen LogP contribution in [0.25, 0.3) is 10.9 Å². The van der Waals surface area contributed by atoms with E-state index in [2.05, 4.69) is 20.9 Å². The fourth-order valence-corrected chi connectivity index (χ4v) is 1.81. The van der Waals surface area contributed by atoms with E-state index in [1.165, 1.54) is 0 Å². The number of aromatic nitrogens is 1. The highest BCUT2D eigenvalue weighted by atomic mass is 79.9. The first-order valence-electron chi connectivity index (χ1n) is 4.05. The molecular formula is C10H11BrCl2N2. The van der Waals surface area contributed by atoms with E-state index in [1.807, 2.05) is 24.3 Å². The van der Waals surface area contributed by atoms with E-state index in [0.29, 0.717) is 6.54 Å². The average molecular weight is 310 g/mol. The number of benzene rings is 1. The van der Waals surface area contributed by atoms with Crippen LogP contribution in [-0.2, 0) is 6.54 Å². The second-order valence-corrected chi connectivity index (χ2v) is 3.66. The van der Waals surface area contributed by atoms with E-state index in [4.69, 9.17) is 5.73 Å². The predicted octanol–water partition coefficient (Wildman–Crippen LogP) is 3.30. The van der Waals surface area contributed by atoms with Crippen LogP contribution in [0, 0.1) is 0 Å². The summed E-state index contributed by atoms with van der Waals surface area (Å²) in [4.78, 5) is 4.30. The molecule has 0 radical (unpaired) electrons. The van der Waals surface area contributed by atoms with Crippen molar-refractivity contribution in [3.05, 3.63) is 40.5 Å². The van der Waals surface area contributed by atoms with Crippen LogP contribution in [0.4, 0.5) is 0 Å². The maximum Gasteiger partial charge on any atom is 0.0758 e. The number of nitrogens with zero attached hydrogens (tertiary/aromatic N) is 1. The Kier molecular flexibility index (Phi) is 6.13. The van der Waals surface area contributed by atoms with Crippen molar-refractivity contribution in [2.24, 2.45) is 5.73 Å². The third kappa shape index (κ3) is 2.82. The first-order valence-corrected chi connectivity index (χ1v) is 4.84. The molecule has 1 aromatic heterocycles. The highest BCUT2D eigenvalue weighted by molar-refractivity contribution is 9.10. The molecule has 15 heavy (non-hydrogen) atoms. The number of fused-ring (bicyclic) bond motifs is 1. The van der Waals surface area contributed by atoms with Crippen molar-refractivity contribution >= 4 is 51.6 Å². The third-order valence-corrected chi connectivity index (χ3v) is 2.71. The Morgan fingerprint density at radius 1 is 1.20 bits per heavy atom. The molecule has 0 saturated carbocycles. The molecule has 2 aromatic rings. The average Bonchev–Trinajstić information content (AvgIpc) is 2.19. The number of nitrogens with two attached hydrogens (primary N) is 1. The van der Waals surface area contributed by atoms with E-state index in [9.17, 15) is 0 Å². The van der Waals surface area contributed by atoms with Crippen LogP contribution in [0.1, 0.15) is 5.56 Å². The van der Waals surface area contributed by atoms with Gasteiger partial charge in [0.2, 0.25) is 0 Å². The quantitative estimate of drug-likeness (QED) is 0.878. The molecule has 0 aliphatic carbocycles. The summed E-state index contributed by atoms with van der Waals surface area (Å²) in [7, 11) is 0. The number of pyridine rings is 1. The van der Waals surface area contributed by atoms with Gasteiger partial charge in [0.25, 0.3) is 0 Å². The van der Waals surface area contributed by atoms with E-state index >= 15 is 0 Å². The minimum absolute atomic E-state index is 0. The normalized spacial score (nSPS) is 9.20. The Bertz CT molecular complexity index is 448. The minimum atomic E-state index is 0. The summed E-state index contributed by atoms with van der Waals surface area (Å²) in [5, 5.41) is 1.12. The van der Waals surface area contributed by atoms with Crippen molar-refractivity contribution in [3.8, 4) is 0 Å². The van der Waals surface area contributed by atoms with Gasteiger partial charge in [-0.2, -0.15) is 0 Å². The highest BCUT2D eigenvalue weighted by Crippen LogP contribution is 2.24. The zero-order valence-corrected chi connectivity index (χ0v) is 11.0. The maximum absolute atomic E-state index is 5.61. The van der Waals surface area contributed by atoms with Gasteiger partial charge in [-0.1, -0.05) is 28.1 Å². The van der Waals surface area contributed by atoms with Crippen molar-refractivity contribution in [1.29, 1.82) is 0 Å². The second kappa shape index (κ2) is 6.28. The van der Waals surface area contributed by atoms with Gasteiger partial charge in [-0.3, -0.25) is 4.98 Å². The first-order chi connectivity index (χ1) is 6.33. The summed E-state index contributed by atoms with van der Waals surface area (Å²) in [6.07, 6.45) is 1.79. The van der Waals surface area contributed by atoms with E-state index in [0.717, 1.165) is 20.9 Å². The smallest absolute Gasteiger partial charge is 0.0758 e. The van der Waals surface area contributed by atoms with E-state index < -0.39 is 0 Å². The minimum Gasteiger partial charge on any atom is -0.326 e. The number of halogens is 3. The number of rotatable bonds is 1. The maximum atomic E-state index is 5.61. The fraction of sp³-hybridized carbons (Fsp3) is 0.100. The molecule has 0 amide bonds. The lowest BCUT2D eigenvalue weighted by Crippen LogP contribution is -1.98. The molecule has 1 heterocycles. The number of hydrogen-bond acceptors (Lipinski definition) is 2. The molecule has 2 N–H and O–H groups in total. The van der Waals surface area contributed by atoms with Crippen molar-refractivity contribution in [2.45, 2.75) is 6.54 Å². The summed E-state index contributed by atoms with van der Waals surface area (Å²) in [5.74, 6) is 0. The van der Waals surface area contributed by atoms with Gasteiger partial charge in [-0.25, -0.2) is 0 Å². The van der Waals surface area contributed by atoms with Gasteiger partial charge < -0.3 is 5.73 Å². The molecule has 0 aliphatic heterocycles. The Balaban J connectivity index is 0.000000980. The zero-order valence-electron chi connectivity index (χ0n) is 7.81. The second-order valence-electron chi connectivity index (χ2n) is 2.81. The highest BCUT2D eigenvalue weighted by Gasteiger charge is 2.02.